The third-order valence-corrected chi connectivity index (χ3v) is 5.10. The van der Waals surface area contributed by atoms with Crippen molar-refractivity contribution in [1.29, 1.82) is 5.26 Å². The second kappa shape index (κ2) is 6.45. The summed E-state index contributed by atoms with van der Waals surface area (Å²) in [5, 5.41) is 13.2. The molecule has 0 aromatic rings. The van der Waals surface area contributed by atoms with Crippen molar-refractivity contribution < 1.29 is 0 Å². The standard InChI is InChI=1S/C17H31N3/c1-4-10-19-17(13-18)9-5-7-15(12-17)20-11-6-8-16(2,3)14-20/h15,19H,4-12,14H2,1-3H3. The van der Waals surface area contributed by atoms with Gasteiger partial charge in [-0.05, 0) is 63.5 Å². The number of rotatable bonds is 4. The van der Waals surface area contributed by atoms with Crippen molar-refractivity contribution in [2.24, 2.45) is 5.41 Å². The van der Waals surface area contributed by atoms with Crippen molar-refractivity contribution >= 4 is 0 Å². The van der Waals surface area contributed by atoms with Crippen LogP contribution in [0, 0.1) is 16.7 Å². The molecule has 0 amide bonds. The summed E-state index contributed by atoms with van der Waals surface area (Å²) >= 11 is 0. The molecular weight excluding hydrogens is 246 g/mol. The predicted octanol–water partition coefficient (Wildman–Crippen LogP) is 3.31. The zero-order valence-corrected chi connectivity index (χ0v) is 13.5. The van der Waals surface area contributed by atoms with Crippen LogP contribution in [0.15, 0.2) is 0 Å². The highest BCUT2D eigenvalue weighted by molar-refractivity contribution is 5.11. The molecular formula is C17H31N3. The molecule has 2 fully saturated rings. The van der Waals surface area contributed by atoms with Gasteiger partial charge in [0.1, 0.15) is 5.54 Å². The van der Waals surface area contributed by atoms with Crippen LogP contribution in [0.25, 0.3) is 0 Å². The van der Waals surface area contributed by atoms with Gasteiger partial charge < -0.3 is 0 Å². The van der Waals surface area contributed by atoms with Crippen molar-refractivity contribution in [3.63, 3.8) is 0 Å². The van der Waals surface area contributed by atoms with E-state index in [4.69, 9.17) is 0 Å². The minimum absolute atomic E-state index is 0.263. The first-order valence-electron chi connectivity index (χ1n) is 8.41. The van der Waals surface area contributed by atoms with Crippen LogP contribution >= 0.6 is 0 Å². The Morgan fingerprint density at radius 3 is 2.75 bits per heavy atom. The van der Waals surface area contributed by atoms with Gasteiger partial charge in [0, 0.05) is 12.6 Å². The van der Waals surface area contributed by atoms with E-state index < -0.39 is 0 Å². The van der Waals surface area contributed by atoms with Crippen LogP contribution in [-0.4, -0.2) is 36.1 Å². The van der Waals surface area contributed by atoms with Gasteiger partial charge in [0.05, 0.1) is 6.07 Å². The predicted molar refractivity (Wildman–Crippen MR) is 83.5 cm³/mol. The molecule has 1 aliphatic heterocycles. The lowest BCUT2D eigenvalue weighted by molar-refractivity contribution is 0.0466. The molecule has 20 heavy (non-hydrogen) atoms. The molecule has 1 N–H and O–H groups in total. The van der Waals surface area contributed by atoms with Crippen LogP contribution in [0.2, 0.25) is 0 Å². The number of piperidine rings is 1. The van der Waals surface area contributed by atoms with Gasteiger partial charge in [-0.2, -0.15) is 5.26 Å². The monoisotopic (exact) mass is 277 g/mol. The summed E-state index contributed by atoms with van der Waals surface area (Å²) in [5.41, 5.74) is 0.183. The van der Waals surface area contributed by atoms with Gasteiger partial charge in [0.15, 0.2) is 0 Å². The van der Waals surface area contributed by atoms with E-state index in [-0.39, 0.29) is 5.54 Å². The van der Waals surface area contributed by atoms with E-state index in [0.717, 1.165) is 25.8 Å². The van der Waals surface area contributed by atoms with Gasteiger partial charge in [-0.1, -0.05) is 20.8 Å². The van der Waals surface area contributed by atoms with Gasteiger partial charge in [-0.3, -0.25) is 10.2 Å². The molecule has 1 aliphatic carbocycles. The van der Waals surface area contributed by atoms with Crippen molar-refractivity contribution in [2.45, 2.75) is 77.3 Å². The van der Waals surface area contributed by atoms with Crippen LogP contribution in [-0.2, 0) is 0 Å². The molecule has 0 radical (unpaired) electrons. The normalized spacial score (nSPS) is 34.6. The summed E-state index contributed by atoms with van der Waals surface area (Å²) < 4.78 is 0. The summed E-state index contributed by atoms with van der Waals surface area (Å²) in [6.07, 6.45) is 8.25. The van der Waals surface area contributed by atoms with E-state index in [9.17, 15) is 5.26 Å². The highest BCUT2D eigenvalue weighted by Gasteiger charge is 2.40. The molecule has 1 saturated carbocycles. The van der Waals surface area contributed by atoms with Crippen LogP contribution in [0.4, 0.5) is 0 Å². The maximum Gasteiger partial charge on any atom is 0.108 e. The molecule has 114 valence electrons. The van der Waals surface area contributed by atoms with Crippen LogP contribution in [0.5, 0.6) is 0 Å². The van der Waals surface area contributed by atoms with E-state index in [1.807, 2.05) is 0 Å². The number of hydrogen-bond donors (Lipinski definition) is 1. The fourth-order valence-electron chi connectivity index (χ4n) is 4.00. The molecule has 0 aromatic heterocycles. The molecule has 3 heteroatoms. The maximum atomic E-state index is 9.66. The average molecular weight is 277 g/mol. The smallest absolute Gasteiger partial charge is 0.108 e. The van der Waals surface area contributed by atoms with Crippen molar-refractivity contribution in [2.75, 3.05) is 19.6 Å². The summed E-state index contributed by atoms with van der Waals surface area (Å²) in [6.45, 7) is 10.3. The average Bonchev–Trinajstić information content (AvgIpc) is 2.44. The second-order valence-corrected chi connectivity index (χ2v) is 7.61. The minimum atomic E-state index is -0.263. The Bertz CT molecular complexity index is 358. The second-order valence-electron chi connectivity index (χ2n) is 7.61. The lowest BCUT2D eigenvalue weighted by atomic mass is 9.77. The number of likely N-dealkylation sites (tertiary alicyclic amines) is 1. The van der Waals surface area contributed by atoms with Crippen LogP contribution in [0.1, 0.15) is 65.7 Å². The lowest BCUT2D eigenvalue weighted by Crippen LogP contribution is -2.55. The van der Waals surface area contributed by atoms with Gasteiger partial charge >= 0.3 is 0 Å². The quantitative estimate of drug-likeness (QED) is 0.857. The van der Waals surface area contributed by atoms with E-state index in [1.165, 1.54) is 38.8 Å². The van der Waals surface area contributed by atoms with Crippen molar-refractivity contribution in [1.82, 2.24) is 10.2 Å². The Labute approximate surface area is 124 Å². The largest absolute Gasteiger partial charge is 0.300 e. The maximum absolute atomic E-state index is 9.66. The first-order valence-corrected chi connectivity index (χ1v) is 8.41. The van der Waals surface area contributed by atoms with Gasteiger partial charge in [-0.25, -0.2) is 0 Å². The van der Waals surface area contributed by atoms with Crippen molar-refractivity contribution in [3.8, 4) is 6.07 Å². The third kappa shape index (κ3) is 3.74. The third-order valence-electron chi connectivity index (χ3n) is 5.10. The number of nitrogens with zero attached hydrogens (tertiary/aromatic N) is 2. The molecule has 0 spiro atoms. The highest BCUT2D eigenvalue weighted by atomic mass is 15.2. The molecule has 2 atom stereocenters. The summed E-state index contributed by atoms with van der Waals surface area (Å²) in [4.78, 5) is 2.67. The molecule has 2 rings (SSSR count). The molecule has 2 aliphatic rings. The van der Waals surface area contributed by atoms with Crippen LogP contribution < -0.4 is 5.32 Å². The number of nitriles is 1. The zero-order chi connectivity index (χ0) is 14.6. The number of nitrogens with one attached hydrogen (secondary N) is 1. The molecule has 1 heterocycles. The van der Waals surface area contributed by atoms with Crippen molar-refractivity contribution in [3.05, 3.63) is 0 Å². The Kier molecular flexibility index (Phi) is 5.09. The fraction of sp³-hybridized carbons (Fsp3) is 0.941. The Balaban J connectivity index is 2.00. The molecule has 0 aromatic carbocycles. The first-order chi connectivity index (χ1) is 9.50. The SMILES string of the molecule is CCCNC1(C#N)CCCC(N2CCCC(C)(C)C2)C1. The van der Waals surface area contributed by atoms with E-state index in [2.05, 4.69) is 37.1 Å². The Morgan fingerprint density at radius 1 is 1.30 bits per heavy atom. The fourth-order valence-corrected chi connectivity index (χ4v) is 4.00. The van der Waals surface area contributed by atoms with E-state index in [0.29, 0.717) is 11.5 Å². The molecule has 1 saturated heterocycles. The van der Waals surface area contributed by atoms with E-state index >= 15 is 0 Å². The summed E-state index contributed by atoms with van der Waals surface area (Å²) in [7, 11) is 0. The summed E-state index contributed by atoms with van der Waals surface area (Å²) in [6, 6.07) is 3.21. The van der Waals surface area contributed by atoms with Gasteiger partial charge in [-0.15, -0.1) is 0 Å². The summed E-state index contributed by atoms with van der Waals surface area (Å²) in [5.74, 6) is 0. The topological polar surface area (TPSA) is 39.1 Å². The zero-order valence-electron chi connectivity index (χ0n) is 13.5. The first kappa shape index (κ1) is 15.8. The van der Waals surface area contributed by atoms with Gasteiger partial charge in [0.2, 0.25) is 0 Å². The molecule has 0 bridgehead atoms. The van der Waals surface area contributed by atoms with Gasteiger partial charge in [0.25, 0.3) is 0 Å². The lowest BCUT2D eigenvalue weighted by Gasteiger charge is -2.46. The Morgan fingerprint density at radius 2 is 2.10 bits per heavy atom. The minimum Gasteiger partial charge on any atom is -0.300 e. The molecule has 2 unspecified atom stereocenters. The van der Waals surface area contributed by atoms with Crippen LogP contribution in [0.3, 0.4) is 0 Å². The number of hydrogen-bond acceptors (Lipinski definition) is 3. The Hall–Kier alpha value is -0.590. The highest BCUT2D eigenvalue weighted by Crippen LogP contribution is 2.36. The molecule has 3 nitrogen and oxygen atoms in total. The van der Waals surface area contributed by atoms with E-state index in [1.54, 1.807) is 0 Å².